The smallest absolute Gasteiger partial charge is 0.214 e. The molecule has 0 N–H and O–H groups in total. The molecule has 0 aliphatic heterocycles. The fraction of sp³-hybridized carbons (Fsp3) is 0.0909. The van der Waals surface area contributed by atoms with Crippen molar-refractivity contribution in [2.45, 2.75) is 0 Å². The van der Waals surface area contributed by atoms with Gasteiger partial charge in [-0.1, -0.05) is 0 Å². The SMILES string of the molecule is COc1cc(C=O)c2ccc(F)c(F)c2n1. The van der Waals surface area contributed by atoms with Crippen LogP contribution >= 0.6 is 0 Å². The molecule has 2 rings (SSSR count). The van der Waals surface area contributed by atoms with Gasteiger partial charge in [0.2, 0.25) is 5.88 Å². The van der Waals surface area contributed by atoms with Gasteiger partial charge in [0.15, 0.2) is 17.9 Å². The first kappa shape index (κ1) is 10.5. The number of pyridine rings is 1. The minimum absolute atomic E-state index is 0.0686. The van der Waals surface area contributed by atoms with Crippen molar-refractivity contribution >= 4 is 17.2 Å². The van der Waals surface area contributed by atoms with E-state index in [0.717, 1.165) is 6.07 Å². The van der Waals surface area contributed by atoms with Gasteiger partial charge in [-0.25, -0.2) is 13.8 Å². The third kappa shape index (κ3) is 1.50. The average molecular weight is 223 g/mol. The van der Waals surface area contributed by atoms with Gasteiger partial charge in [-0.2, -0.15) is 0 Å². The monoisotopic (exact) mass is 223 g/mol. The summed E-state index contributed by atoms with van der Waals surface area (Å²) in [6.07, 6.45) is 0.546. The summed E-state index contributed by atoms with van der Waals surface area (Å²) in [5, 5.41) is 0.259. The molecule has 0 fully saturated rings. The van der Waals surface area contributed by atoms with Crippen molar-refractivity contribution in [3.63, 3.8) is 0 Å². The first-order valence-corrected chi connectivity index (χ1v) is 4.45. The highest BCUT2D eigenvalue weighted by molar-refractivity contribution is 5.97. The molecule has 0 unspecified atom stereocenters. The van der Waals surface area contributed by atoms with E-state index in [2.05, 4.69) is 4.98 Å². The summed E-state index contributed by atoms with van der Waals surface area (Å²) in [4.78, 5) is 14.6. The molecule has 1 aromatic heterocycles. The van der Waals surface area contributed by atoms with Crippen molar-refractivity contribution in [3.05, 3.63) is 35.4 Å². The Hall–Kier alpha value is -2.04. The van der Waals surface area contributed by atoms with Gasteiger partial charge in [0.05, 0.1) is 7.11 Å². The summed E-state index contributed by atoms with van der Waals surface area (Å²) in [6.45, 7) is 0. The lowest BCUT2D eigenvalue weighted by atomic mass is 10.1. The van der Waals surface area contributed by atoms with Crippen molar-refractivity contribution in [2.75, 3.05) is 7.11 Å². The summed E-state index contributed by atoms with van der Waals surface area (Å²) >= 11 is 0. The highest BCUT2D eigenvalue weighted by Crippen LogP contribution is 2.24. The summed E-state index contributed by atoms with van der Waals surface area (Å²) in [7, 11) is 1.33. The number of ether oxygens (including phenoxy) is 1. The third-order valence-electron chi connectivity index (χ3n) is 2.22. The van der Waals surface area contributed by atoms with E-state index in [4.69, 9.17) is 4.74 Å². The van der Waals surface area contributed by atoms with Crippen LogP contribution in [0.2, 0.25) is 0 Å². The Morgan fingerprint density at radius 3 is 2.75 bits per heavy atom. The van der Waals surface area contributed by atoms with Gasteiger partial charge < -0.3 is 4.74 Å². The van der Waals surface area contributed by atoms with E-state index >= 15 is 0 Å². The zero-order chi connectivity index (χ0) is 11.7. The first-order chi connectivity index (χ1) is 7.67. The number of carbonyl (C=O) groups excluding carboxylic acids is 1. The van der Waals surface area contributed by atoms with Crippen molar-refractivity contribution in [1.29, 1.82) is 0 Å². The second-order valence-corrected chi connectivity index (χ2v) is 3.13. The molecule has 0 aliphatic carbocycles. The number of hydrogen-bond donors (Lipinski definition) is 0. The molecule has 0 spiro atoms. The van der Waals surface area contributed by atoms with E-state index in [1.165, 1.54) is 19.2 Å². The molecule has 0 aliphatic rings. The Morgan fingerprint density at radius 2 is 2.12 bits per heavy atom. The van der Waals surface area contributed by atoms with Gasteiger partial charge in [-0.05, 0) is 12.1 Å². The highest BCUT2D eigenvalue weighted by Gasteiger charge is 2.13. The summed E-state index contributed by atoms with van der Waals surface area (Å²) in [5.74, 6) is -2.02. The number of hydrogen-bond acceptors (Lipinski definition) is 3. The standard InChI is InChI=1S/C11H7F2NO2/c1-16-9-4-6(5-15)7-2-3-8(12)10(13)11(7)14-9/h2-5H,1H3. The molecule has 0 radical (unpaired) electrons. The minimum Gasteiger partial charge on any atom is -0.481 e. The Balaban J connectivity index is 2.89. The number of methoxy groups -OCH3 is 1. The van der Waals surface area contributed by atoms with E-state index in [-0.39, 0.29) is 22.3 Å². The molecule has 0 saturated heterocycles. The average Bonchev–Trinajstić information content (AvgIpc) is 2.32. The summed E-state index contributed by atoms with van der Waals surface area (Å²) in [5.41, 5.74) is 0.00204. The van der Waals surface area contributed by atoms with Crippen LogP contribution in [0, 0.1) is 11.6 Å². The van der Waals surface area contributed by atoms with Crippen LogP contribution in [0.15, 0.2) is 18.2 Å². The number of aromatic nitrogens is 1. The van der Waals surface area contributed by atoms with Crippen LogP contribution in [-0.2, 0) is 0 Å². The van der Waals surface area contributed by atoms with Gasteiger partial charge in [0.1, 0.15) is 5.52 Å². The van der Waals surface area contributed by atoms with Gasteiger partial charge in [0, 0.05) is 17.0 Å². The zero-order valence-corrected chi connectivity index (χ0v) is 8.33. The third-order valence-corrected chi connectivity index (χ3v) is 2.22. The van der Waals surface area contributed by atoms with Crippen LogP contribution in [0.1, 0.15) is 10.4 Å². The minimum atomic E-state index is -1.08. The maximum Gasteiger partial charge on any atom is 0.214 e. The summed E-state index contributed by atoms with van der Waals surface area (Å²) < 4.78 is 31.2. The van der Waals surface area contributed by atoms with E-state index in [9.17, 15) is 13.6 Å². The fourth-order valence-electron chi connectivity index (χ4n) is 1.44. The molecular weight excluding hydrogens is 216 g/mol. The van der Waals surface area contributed by atoms with E-state index in [1.54, 1.807) is 0 Å². The van der Waals surface area contributed by atoms with Gasteiger partial charge >= 0.3 is 0 Å². The fourth-order valence-corrected chi connectivity index (χ4v) is 1.44. The Morgan fingerprint density at radius 1 is 1.38 bits per heavy atom. The molecule has 3 nitrogen and oxygen atoms in total. The zero-order valence-electron chi connectivity index (χ0n) is 8.33. The maximum atomic E-state index is 13.4. The predicted octanol–water partition coefficient (Wildman–Crippen LogP) is 2.33. The molecule has 0 saturated carbocycles. The number of aldehydes is 1. The summed E-state index contributed by atoms with van der Waals surface area (Å²) in [6, 6.07) is 3.63. The van der Waals surface area contributed by atoms with Crippen molar-refractivity contribution in [1.82, 2.24) is 4.98 Å². The Bertz CT molecular complexity index is 569. The molecule has 1 heterocycles. The topological polar surface area (TPSA) is 39.2 Å². The first-order valence-electron chi connectivity index (χ1n) is 4.45. The van der Waals surface area contributed by atoms with Crippen LogP contribution in [0.5, 0.6) is 5.88 Å². The Labute approximate surface area is 89.7 Å². The number of carbonyl (C=O) groups is 1. The highest BCUT2D eigenvalue weighted by atomic mass is 19.2. The van der Waals surface area contributed by atoms with Crippen molar-refractivity contribution in [2.24, 2.45) is 0 Å². The lowest BCUT2D eigenvalue weighted by Crippen LogP contribution is -1.96. The number of halogens is 2. The molecule has 82 valence electrons. The Kier molecular flexibility index (Phi) is 2.52. The number of benzene rings is 1. The molecule has 0 amide bonds. The molecule has 5 heteroatoms. The quantitative estimate of drug-likeness (QED) is 0.733. The molecule has 16 heavy (non-hydrogen) atoms. The van der Waals surface area contributed by atoms with Gasteiger partial charge in [-0.15, -0.1) is 0 Å². The number of fused-ring (bicyclic) bond motifs is 1. The maximum absolute atomic E-state index is 13.4. The largest absolute Gasteiger partial charge is 0.481 e. The lowest BCUT2D eigenvalue weighted by Gasteiger charge is -2.05. The van der Waals surface area contributed by atoms with Crippen LogP contribution < -0.4 is 4.74 Å². The van der Waals surface area contributed by atoms with Gasteiger partial charge in [0.25, 0.3) is 0 Å². The van der Waals surface area contributed by atoms with E-state index in [1.807, 2.05) is 0 Å². The molecule has 0 bridgehead atoms. The number of nitrogens with zero attached hydrogens (tertiary/aromatic N) is 1. The van der Waals surface area contributed by atoms with Crippen LogP contribution in [0.25, 0.3) is 10.9 Å². The van der Waals surface area contributed by atoms with Crippen molar-refractivity contribution in [3.8, 4) is 5.88 Å². The van der Waals surface area contributed by atoms with Gasteiger partial charge in [-0.3, -0.25) is 4.79 Å². The van der Waals surface area contributed by atoms with Crippen LogP contribution in [-0.4, -0.2) is 18.4 Å². The van der Waals surface area contributed by atoms with E-state index in [0.29, 0.717) is 6.29 Å². The predicted molar refractivity (Wildman–Crippen MR) is 53.6 cm³/mol. The lowest BCUT2D eigenvalue weighted by molar-refractivity contribution is 0.112. The molecular formula is C11H7F2NO2. The van der Waals surface area contributed by atoms with E-state index < -0.39 is 11.6 Å². The van der Waals surface area contributed by atoms with Crippen LogP contribution in [0.4, 0.5) is 8.78 Å². The van der Waals surface area contributed by atoms with Crippen LogP contribution in [0.3, 0.4) is 0 Å². The van der Waals surface area contributed by atoms with Crippen molar-refractivity contribution < 1.29 is 18.3 Å². The second-order valence-electron chi connectivity index (χ2n) is 3.13. The normalized spacial score (nSPS) is 10.4. The molecule has 2 aromatic rings. The second kappa shape index (κ2) is 3.84. The number of rotatable bonds is 2. The molecule has 1 aromatic carbocycles. The molecule has 0 atom stereocenters.